The van der Waals surface area contributed by atoms with Crippen molar-refractivity contribution in [3.05, 3.63) is 11.9 Å². The first-order chi connectivity index (χ1) is 10.1. The molecule has 1 saturated heterocycles. The fraction of sp³-hybridized carbons (Fsp3) is 0.545. The molecule has 21 heavy (non-hydrogen) atoms. The maximum absolute atomic E-state index is 11.9. The number of carbonyl (C=O) groups excluding carboxylic acids is 1. The largest absolute Gasteiger partial charge is 0.476 e. The summed E-state index contributed by atoms with van der Waals surface area (Å²) in [5.41, 5.74) is -0.147. The van der Waals surface area contributed by atoms with Crippen molar-refractivity contribution >= 4 is 12.0 Å². The highest BCUT2D eigenvalue weighted by Crippen LogP contribution is 2.04. The van der Waals surface area contributed by atoms with Gasteiger partial charge in [0, 0.05) is 13.1 Å². The summed E-state index contributed by atoms with van der Waals surface area (Å²) in [5, 5.41) is 27.2. The third-order valence-electron chi connectivity index (χ3n) is 2.87. The molecule has 0 radical (unpaired) electrons. The molecule has 2 heterocycles. The van der Waals surface area contributed by atoms with Crippen LogP contribution in [0.25, 0.3) is 0 Å². The van der Waals surface area contributed by atoms with Crippen molar-refractivity contribution in [2.75, 3.05) is 26.2 Å². The molecule has 1 aromatic rings. The van der Waals surface area contributed by atoms with Gasteiger partial charge in [0.05, 0.1) is 32.0 Å². The number of ether oxygens (including phenoxy) is 1. The molecular weight excluding hydrogens is 280 g/mol. The highest BCUT2D eigenvalue weighted by molar-refractivity contribution is 5.84. The van der Waals surface area contributed by atoms with Crippen LogP contribution in [0, 0.1) is 11.3 Å². The maximum Gasteiger partial charge on any atom is 0.358 e. The molecule has 1 aliphatic rings. The lowest BCUT2D eigenvalue weighted by Gasteiger charge is -2.29. The molecule has 2 amide bonds. The Labute approximate surface area is 119 Å². The van der Waals surface area contributed by atoms with E-state index in [9.17, 15) is 9.59 Å². The van der Waals surface area contributed by atoms with Crippen molar-refractivity contribution in [3.63, 3.8) is 0 Å². The Morgan fingerprint density at radius 3 is 3.10 bits per heavy atom. The Balaban J connectivity index is 1.76. The van der Waals surface area contributed by atoms with E-state index in [0.29, 0.717) is 19.7 Å². The van der Waals surface area contributed by atoms with E-state index >= 15 is 0 Å². The van der Waals surface area contributed by atoms with Crippen LogP contribution in [-0.4, -0.2) is 69.3 Å². The van der Waals surface area contributed by atoms with E-state index in [0.717, 1.165) is 0 Å². The second-order valence-corrected chi connectivity index (χ2v) is 4.34. The molecule has 0 aliphatic carbocycles. The number of rotatable bonds is 4. The van der Waals surface area contributed by atoms with Gasteiger partial charge in [-0.1, -0.05) is 5.21 Å². The van der Waals surface area contributed by atoms with Crippen molar-refractivity contribution in [1.29, 1.82) is 5.26 Å². The Morgan fingerprint density at radius 1 is 1.62 bits per heavy atom. The molecule has 10 heteroatoms. The predicted molar refractivity (Wildman–Crippen MR) is 67.3 cm³/mol. The summed E-state index contributed by atoms with van der Waals surface area (Å²) in [6, 6.07) is 1.67. The Kier molecular flexibility index (Phi) is 4.68. The van der Waals surface area contributed by atoms with E-state index in [4.69, 9.17) is 15.1 Å². The topological polar surface area (TPSA) is 133 Å². The molecule has 1 unspecified atom stereocenters. The van der Waals surface area contributed by atoms with Crippen LogP contribution >= 0.6 is 0 Å². The zero-order chi connectivity index (χ0) is 15.2. The number of amides is 2. The first-order valence-corrected chi connectivity index (χ1v) is 6.27. The molecule has 0 spiro atoms. The summed E-state index contributed by atoms with van der Waals surface area (Å²) in [6.45, 7) is 1.57. The molecule has 0 bridgehead atoms. The minimum Gasteiger partial charge on any atom is -0.476 e. The number of aromatic carboxylic acids is 1. The fourth-order valence-electron chi connectivity index (χ4n) is 1.81. The lowest BCUT2D eigenvalue weighted by atomic mass is 10.3. The fourth-order valence-corrected chi connectivity index (χ4v) is 1.81. The van der Waals surface area contributed by atoms with Crippen LogP contribution in [-0.2, 0) is 11.3 Å². The number of aromatic nitrogens is 3. The molecule has 0 saturated carbocycles. The summed E-state index contributed by atoms with van der Waals surface area (Å²) >= 11 is 0. The zero-order valence-corrected chi connectivity index (χ0v) is 11.1. The van der Waals surface area contributed by atoms with Crippen LogP contribution in [0.1, 0.15) is 10.5 Å². The van der Waals surface area contributed by atoms with Crippen molar-refractivity contribution in [2.45, 2.75) is 12.6 Å². The lowest BCUT2D eigenvalue weighted by molar-refractivity contribution is 0.0157. The molecular formula is C11H14N6O4. The lowest BCUT2D eigenvalue weighted by Crippen LogP contribution is -2.49. The monoisotopic (exact) mass is 294 g/mol. The van der Waals surface area contributed by atoms with Crippen molar-refractivity contribution in [2.24, 2.45) is 0 Å². The van der Waals surface area contributed by atoms with E-state index in [-0.39, 0.29) is 24.8 Å². The second-order valence-electron chi connectivity index (χ2n) is 4.34. The minimum absolute atomic E-state index is 0.147. The molecule has 1 atom stereocenters. The first kappa shape index (κ1) is 14.7. The van der Waals surface area contributed by atoms with Gasteiger partial charge in [-0.3, -0.25) is 0 Å². The van der Waals surface area contributed by atoms with Gasteiger partial charge in [0.25, 0.3) is 0 Å². The minimum atomic E-state index is -1.15. The summed E-state index contributed by atoms with van der Waals surface area (Å²) in [4.78, 5) is 24.0. The number of carboxylic acid groups (broad SMARTS) is 1. The van der Waals surface area contributed by atoms with Gasteiger partial charge in [-0.25, -0.2) is 14.3 Å². The Bertz CT molecular complexity index is 565. The molecule has 1 aromatic heterocycles. The molecule has 2 N–H and O–H groups in total. The number of carboxylic acids is 1. The van der Waals surface area contributed by atoms with Gasteiger partial charge < -0.3 is 20.1 Å². The van der Waals surface area contributed by atoms with Crippen LogP contribution in [0.4, 0.5) is 4.79 Å². The Hall–Kier alpha value is -2.67. The number of nitriles is 1. The van der Waals surface area contributed by atoms with Crippen LogP contribution in [0.15, 0.2) is 6.20 Å². The first-order valence-electron chi connectivity index (χ1n) is 6.27. The third kappa shape index (κ3) is 3.90. The van der Waals surface area contributed by atoms with Crippen LogP contribution < -0.4 is 5.32 Å². The number of carbonyl (C=O) groups is 2. The maximum atomic E-state index is 11.9. The number of nitrogens with zero attached hydrogens (tertiary/aromatic N) is 5. The smallest absolute Gasteiger partial charge is 0.358 e. The third-order valence-corrected chi connectivity index (χ3v) is 2.87. The molecule has 10 nitrogen and oxygen atoms in total. The molecule has 112 valence electrons. The van der Waals surface area contributed by atoms with E-state index < -0.39 is 12.1 Å². The molecule has 2 rings (SSSR count). The van der Waals surface area contributed by atoms with Gasteiger partial charge in [0.1, 0.15) is 0 Å². The Morgan fingerprint density at radius 2 is 2.43 bits per heavy atom. The van der Waals surface area contributed by atoms with Crippen molar-refractivity contribution < 1.29 is 19.4 Å². The average Bonchev–Trinajstić information content (AvgIpc) is 2.96. The van der Waals surface area contributed by atoms with E-state index in [1.807, 2.05) is 6.07 Å². The molecule has 1 fully saturated rings. The van der Waals surface area contributed by atoms with Crippen LogP contribution in [0.3, 0.4) is 0 Å². The zero-order valence-electron chi connectivity index (χ0n) is 11.1. The average molecular weight is 294 g/mol. The summed E-state index contributed by atoms with van der Waals surface area (Å²) < 4.78 is 6.48. The van der Waals surface area contributed by atoms with Gasteiger partial charge >= 0.3 is 12.0 Å². The summed E-state index contributed by atoms with van der Waals surface area (Å²) in [5.74, 6) is -1.15. The number of morpholine rings is 1. The van der Waals surface area contributed by atoms with Gasteiger partial charge in [-0.05, 0) is 0 Å². The summed E-state index contributed by atoms with van der Waals surface area (Å²) in [6.07, 6.45) is 0.688. The molecule has 0 aromatic carbocycles. The van der Waals surface area contributed by atoms with Crippen LogP contribution in [0.5, 0.6) is 0 Å². The number of urea groups is 1. The highest BCUT2D eigenvalue weighted by Gasteiger charge is 2.23. The second kappa shape index (κ2) is 6.67. The van der Waals surface area contributed by atoms with Gasteiger partial charge in [-0.15, -0.1) is 5.10 Å². The predicted octanol–water partition coefficient (Wildman–Crippen LogP) is -1.09. The van der Waals surface area contributed by atoms with Crippen molar-refractivity contribution in [1.82, 2.24) is 25.2 Å². The van der Waals surface area contributed by atoms with Gasteiger partial charge in [-0.2, -0.15) is 5.26 Å². The number of hydrogen-bond acceptors (Lipinski definition) is 6. The standard InChI is InChI=1S/C11H14N6O4/c12-5-8-6-16(3-4-21-8)11(20)13-1-2-17-7-9(10(18)19)14-15-17/h7-8H,1-4,6H2,(H,13,20)(H,18,19). The van der Waals surface area contributed by atoms with Gasteiger partial charge in [0.2, 0.25) is 0 Å². The number of hydrogen-bond donors (Lipinski definition) is 2. The van der Waals surface area contributed by atoms with E-state index in [1.165, 1.54) is 15.8 Å². The van der Waals surface area contributed by atoms with Gasteiger partial charge in [0.15, 0.2) is 11.8 Å². The normalized spacial score (nSPS) is 18.0. The van der Waals surface area contributed by atoms with Crippen molar-refractivity contribution in [3.8, 4) is 6.07 Å². The molecule has 1 aliphatic heterocycles. The SMILES string of the molecule is N#CC1CN(C(=O)NCCn2cc(C(=O)O)nn2)CCO1. The number of nitrogens with one attached hydrogen (secondary N) is 1. The highest BCUT2D eigenvalue weighted by atomic mass is 16.5. The quantitative estimate of drug-likeness (QED) is 0.720. The van der Waals surface area contributed by atoms with E-state index in [1.54, 1.807) is 0 Å². The van der Waals surface area contributed by atoms with Crippen LogP contribution in [0.2, 0.25) is 0 Å². The van der Waals surface area contributed by atoms with E-state index in [2.05, 4.69) is 15.6 Å². The summed E-state index contributed by atoms with van der Waals surface area (Å²) in [7, 11) is 0.